The van der Waals surface area contributed by atoms with Gasteiger partial charge in [-0.1, -0.05) is 6.92 Å². The average Bonchev–Trinajstić information content (AvgIpc) is 1.93. The predicted octanol–water partition coefficient (Wildman–Crippen LogP) is 3.02. The molecule has 1 saturated carbocycles. The van der Waals surface area contributed by atoms with Crippen LogP contribution in [0.25, 0.3) is 0 Å². The first-order valence-electron chi connectivity index (χ1n) is 4.19. The first-order chi connectivity index (χ1) is 5.18. The molecule has 1 aliphatic carbocycles. The van der Waals surface area contributed by atoms with Crippen molar-refractivity contribution in [2.45, 2.75) is 38.7 Å². The van der Waals surface area contributed by atoms with E-state index < -0.39 is 6.01 Å². The van der Waals surface area contributed by atoms with Crippen LogP contribution in [0, 0.1) is 5.92 Å². The Kier molecular flexibility index (Phi) is 2.92. The summed E-state index contributed by atoms with van der Waals surface area (Å²) in [6.07, 6.45) is 4.34. The molecule has 0 radical (unpaired) electrons. The molecule has 1 nitrogen and oxygen atoms in total. The van der Waals surface area contributed by atoms with Gasteiger partial charge in [-0.2, -0.15) is 4.39 Å². The molecule has 11 heavy (non-hydrogen) atoms. The molecule has 0 unspecified atom stereocenters. The average molecular weight is 158 g/mol. The number of hydrogen-bond acceptors (Lipinski definition) is 1. The molecule has 0 aromatic rings. The van der Waals surface area contributed by atoms with Crippen LogP contribution >= 0.6 is 0 Å². The Morgan fingerprint density at radius 2 is 1.91 bits per heavy atom. The molecule has 2 heteroatoms. The molecule has 0 saturated heterocycles. The molecule has 0 atom stereocenters. The van der Waals surface area contributed by atoms with Crippen LogP contribution in [0.1, 0.15) is 32.6 Å². The van der Waals surface area contributed by atoms with E-state index in [2.05, 4.69) is 13.5 Å². The molecule has 0 N–H and O–H groups in total. The highest BCUT2D eigenvalue weighted by Crippen LogP contribution is 2.26. The monoisotopic (exact) mass is 158 g/mol. The summed E-state index contributed by atoms with van der Waals surface area (Å²) in [4.78, 5) is 0. The molecule has 64 valence electrons. The van der Waals surface area contributed by atoms with Crippen LogP contribution in [-0.2, 0) is 4.74 Å². The van der Waals surface area contributed by atoms with Crippen LogP contribution in [0.4, 0.5) is 4.39 Å². The Hall–Kier alpha value is -0.530. The number of halogens is 1. The fourth-order valence-corrected chi connectivity index (χ4v) is 1.53. The molecule has 0 aromatic carbocycles. The highest BCUT2D eigenvalue weighted by atomic mass is 19.1. The van der Waals surface area contributed by atoms with Crippen molar-refractivity contribution in [1.29, 1.82) is 0 Å². The maximum Gasteiger partial charge on any atom is 0.265 e. The zero-order valence-electron chi connectivity index (χ0n) is 6.98. The molecule has 0 spiro atoms. The highest BCUT2D eigenvalue weighted by Gasteiger charge is 2.19. The second-order valence-corrected chi connectivity index (χ2v) is 3.35. The molecule has 0 bridgehead atoms. The maximum atomic E-state index is 12.2. The van der Waals surface area contributed by atoms with Crippen LogP contribution in [0.2, 0.25) is 0 Å². The lowest BCUT2D eigenvalue weighted by Gasteiger charge is -2.25. The van der Waals surface area contributed by atoms with E-state index in [1.807, 2.05) is 0 Å². The summed E-state index contributed by atoms with van der Waals surface area (Å²) in [5.41, 5.74) is 0. The van der Waals surface area contributed by atoms with Gasteiger partial charge in [0.05, 0.1) is 0 Å². The number of ether oxygens (including phenoxy) is 1. The molecule has 1 fully saturated rings. The Morgan fingerprint density at radius 3 is 2.36 bits per heavy atom. The highest BCUT2D eigenvalue weighted by molar-refractivity contribution is 4.75. The van der Waals surface area contributed by atoms with Crippen molar-refractivity contribution < 1.29 is 9.13 Å². The van der Waals surface area contributed by atoms with Gasteiger partial charge in [0.25, 0.3) is 6.01 Å². The first-order valence-corrected chi connectivity index (χ1v) is 4.19. The van der Waals surface area contributed by atoms with Crippen molar-refractivity contribution >= 4 is 0 Å². The summed E-state index contributed by atoms with van der Waals surface area (Å²) in [5.74, 6) is 0.780. The van der Waals surface area contributed by atoms with Crippen molar-refractivity contribution in [2.24, 2.45) is 5.92 Å². The fraction of sp³-hybridized carbons (Fsp3) is 0.778. The standard InChI is InChI=1S/C9H15FO/c1-7-3-5-9(6-4-7)11-8(2)10/h7,9H,2-6H2,1H3. The van der Waals surface area contributed by atoms with E-state index in [0.29, 0.717) is 0 Å². The minimum absolute atomic E-state index is 0.0868. The van der Waals surface area contributed by atoms with Crippen molar-refractivity contribution in [1.82, 2.24) is 0 Å². The summed E-state index contributed by atoms with van der Waals surface area (Å²) in [5, 5.41) is 0. The largest absolute Gasteiger partial charge is 0.468 e. The minimum Gasteiger partial charge on any atom is -0.468 e. The third-order valence-corrected chi connectivity index (χ3v) is 2.26. The van der Waals surface area contributed by atoms with Crippen LogP contribution < -0.4 is 0 Å². The molecular weight excluding hydrogens is 143 g/mol. The minimum atomic E-state index is -0.635. The topological polar surface area (TPSA) is 9.23 Å². The van der Waals surface area contributed by atoms with Gasteiger partial charge in [0.15, 0.2) is 0 Å². The van der Waals surface area contributed by atoms with Crippen LogP contribution in [0.5, 0.6) is 0 Å². The zero-order chi connectivity index (χ0) is 8.27. The lowest BCUT2D eigenvalue weighted by molar-refractivity contribution is 0.0357. The van der Waals surface area contributed by atoms with Crippen molar-refractivity contribution in [3.8, 4) is 0 Å². The van der Waals surface area contributed by atoms with E-state index in [-0.39, 0.29) is 6.10 Å². The van der Waals surface area contributed by atoms with Gasteiger partial charge in [0, 0.05) is 0 Å². The van der Waals surface area contributed by atoms with Crippen LogP contribution in [-0.4, -0.2) is 6.10 Å². The molecular formula is C9H15FO. The van der Waals surface area contributed by atoms with Crippen molar-refractivity contribution in [3.63, 3.8) is 0 Å². The van der Waals surface area contributed by atoms with Gasteiger partial charge in [0.2, 0.25) is 0 Å². The molecule has 0 heterocycles. The maximum absolute atomic E-state index is 12.2. The number of hydrogen-bond donors (Lipinski definition) is 0. The van der Waals surface area contributed by atoms with E-state index >= 15 is 0 Å². The van der Waals surface area contributed by atoms with E-state index in [1.54, 1.807) is 0 Å². The zero-order valence-corrected chi connectivity index (χ0v) is 6.98. The van der Waals surface area contributed by atoms with Crippen molar-refractivity contribution in [3.05, 3.63) is 12.6 Å². The summed E-state index contributed by atoms with van der Waals surface area (Å²) in [6.45, 7) is 5.30. The lowest BCUT2D eigenvalue weighted by atomic mass is 9.89. The Morgan fingerprint density at radius 1 is 1.36 bits per heavy atom. The second kappa shape index (κ2) is 3.74. The summed E-state index contributed by atoms with van der Waals surface area (Å²) in [6, 6.07) is -0.635. The molecule has 0 aromatic heterocycles. The SMILES string of the molecule is C=C(F)OC1CCC(C)CC1. The number of rotatable bonds is 2. The van der Waals surface area contributed by atoms with E-state index in [9.17, 15) is 4.39 Å². The Bertz CT molecular complexity index is 136. The molecule has 1 rings (SSSR count). The normalized spacial score (nSPS) is 31.5. The first kappa shape index (κ1) is 8.57. The van der Waals surface area contributed by atoms with Crippen LogP contribution in [0.15, 0.2) is 12.6 Å². The third kappa shape index (κ3) is 2.91. The van der Waals surface area contributed by atoms with Gasteiger partial charge < -0.3 is 4.74 Å². The van der Waals surface area contributed by atoms with E-state index in [4.69, 9.17) is 4.74 Å². The van der Waals surface area contributed by atoms with E-state index in [0.717, 1.165) is 31.6 Å². The van der Waals surface area contributed by atoms with Gasteiger partial charge >= 0.3 is 0 Å². The van der Waals surface area contributed by atoms with Gasteiger partial charge in [-0.3, -0.25) is 0 Å². The fourth-order valence-electron chi connectivity index (χ4n) is 1.53. The lowest BCUT2D eigenvalue weighted by Crippen LogP contribution is -2.19. The van der Waals surface area contributed by atoms with Gasteiger partial charge in [0.1, 0.15) is 6.10 Å². The quantitative estimate of drug-likeness (QED) is 0.561. The predicted molar refractivity (Wildman–Crippen MR) is 42.8 cm³/mol. The molecule has 0 amide bonds. The van der Waals surface area contributed by atoms with Gasteiger partial charge in [-0.05, 0) is 38.2 Å². The molecule has 1 aliphatic rings. The smallest absolute Gasteiger partial charge is 0.265 e. The van der Waals surface area contributed by atoms with Gasteiger partial charge in [-0.25, -0.2) is 0 Å². The van der Waals surface area contributed by atoms with Crippen LogP contribution in [0.3, 0.4) is 0 Å². The summed E-state index contributed by atoms with van der Waals surface area (Å²) in [7, 11) is 0. The third-order valence-electron chi connectivity index (χ3n) is 2.26. The summed E-state index contributed by atoms with van der Waals surface area (Å²) < 4.78 is 17.0. The van der Waals surface area contributed by atoms with Gasteiger partial charge in [-0.15, -0.1) is 0 Å². The molecule has 0 aliphatic heterocycles. The van der Waals surface area contributed by atoms with Crippen molar-refractivity contribution in [2.75, 3.05) is 0 Å². The summed E-state index contributed by atoms with van der Waals surface area (Å²) >= 11 is 0. The second-order valence-electron chi connectivity index (χ2n) is 3.35. The Labute approximate surface area is 67.2 Å². The van der Waals surface area contributed by atoms with E-state index in [1.165, 1.54) is 0 Å². The Balaban J connectivity index is 2.22.